The fourth-order valence-corrected chi connectivity index (χ4v) is 2.04. The van der Waals surface area contributed by atoms with E-state index in [0.29, 0.717) is 17.9 Å². The second-order valence-corrected chi connectivity index (χ2v) is 4.88. The molecule has 1 atom stereocenters. The summed E-state index contributed by atoms with van der Waals surface area (Å²) in [6.45, 7) is 0.411. The van der Waals surface area contributed by atoms with Crippen LogP contribution in [-0.4, -0.2) is 18.2 Å². The molecule has 0 amide bonds. The van der Waals surface area contributed by atoms with Gasteiger partial charge in [-0.2, -0.15) is 0 Å². The van der Waals surface area contributed by atoms with Gasteiger partial charge in [-0.15, -0.1) is 12.4 Å². The first-order chi connectivity index (χ1) is 10.6. The molecule has 0 radical (unpaired) electrons. The molecule has 0 fully saturated rings. The van der Waals surface area contributed by atoms with E-state index >= 15 is 0 Å². The van der Waals surface area contributed by atoms with E-state index in [1.807, 2.05) is 30.3 Å². The first-order valence-electron chi connectivity index (χ1n) is 6.92. The van der Waals surface area contributed by atoms with E-state index in [1.54, 1.807) is 12.1 Å². The lowest BCUT2D eigenvalue weighted by Crippen LogP contribution is -2.16. The van der Waals surface area contributed by atoms with Gasteiger partial charge in [-0.1, -0.05) is 36.4 Å². The summed E-state index contributed by atoms with van der Waals surface area (Å²) in [7, 11) is 1.30. The molecule has 0 aliphatic rings. The molecule has 0 spiro atoms. The second kappa shape index (κ2) is 9.02. The summed E-state index contributed by atoms with van der Waals surface area (Å²) in [4.78, 5) is 11.2. The molecule has 0 bridgehead atoms. The second-order valence-electron chi connectivity index (χ2n) is 4.88. The molecular weight excluding hydrogens is 318 g/mol. The molecular formula is C17H20ClNO4. The normalized spacial score (nSPS) is 11.2. The highest BCUT2D eigenvalue weighted by molar-refractivity contribution is 5.85. The maximum Gasteiger partial charge on any atom is 0.307 e. The van der Waals surface area contributed by atoms with E-state index in [0.717, 1.165) is 5.56 Å². The maximum atomic E-state index is 11.2. The zero-order valence-electron chi connectivity index (χ0n) is 12.8. The third-order valence-electron chi connectivity index (χ3n) is 3.26. The summed E-state index contributed by atoms with van der Waals surface area (Å²) in [5, 5.41) is 10.0. The zero-order chi connectivity index (χ0) is 15.9. The summed E-state index contributed by atoms with van der Waals surface area (Å²) in [5.41, 5.74) is 7.41. The summed E-state index contributed by atoms with van der Waals surface area (Å²) >= 11 is 0. The van der Waals surface area contributed by atoms with Gasteiger partial charge in [0.2, 0.25) is 0 Å². The third kappa shape index (κ3) is 5.47. The topological polar surface area (TPSA) is 81.8 Å². The molecule has 0 saturated carbocycles. The number of benzene rings is 2. The van der Waals surface area contributed by atoms with Crippen LogP contribution >= 0.6 is 12.4 Å². The Labute approximate surface area is 141 Å². The molecule has 0 unspecified atom stereocenters. The average Bonchev–Trinajstić information content (AvgIpc) is 2.53. The molecule has 0 saturated heterocycles. The standard InChI is InChI=1S/C17H19NO4.ClH/c1-21-17(20)10-15(18)14-8-7-13(9-16(14)19)22-11-12-5-3-2-4-6-12;/h2-9,15,19H,10-11,18H2,1H3;1H/t15-;/m1./s1. The Morgan fingerprint density at radius 3 is 2.52 bits per heavy atom. The molecule has 3 N–H and O–H groups in total. The van der Waals surface area contributed by atoms with Crippen molar-refractivity contribution in [1.82, 2.24) is 0 Å². The van der Waals surface area contributed by atoms with E-state index in [-0.39, 0.29) is 24.6 Å². The number of phenols is 1. The summed E-state index contributed by atoms with van der Waals surface area (Å²) in [6, 6.07) is 14.0. The van der Waals surface area contributed by atoms with Crippen LogP contribution in [0.15, 0.2) is 48.5 Å². The first kappa shape index (κ1) is 18.8. The molecule has 0 aliphatic heterocycles. The lowest BCUT2D eigenvalue weighted by Gasteiger charge is -2.14. The smallest absolute Gasteiger partial charge is 0.307 e. The molecule has 0 heterocycles. The molecule has 6 heteroatoms. The molecule has 2 rings (SSSR count). The average molecular weight is 338 g/mol. The van der Waals surface area contributed by atoms with Crippen molar-refractivity contribution in [3.63, 3.8) is 0 Å². The van der Waals surface area contributed by atoms with Gasteiger partial charge in [-0.05, 0) is 11.6 Å². The van der Waals surface area contributed by atoms with Crippen LogP contribution in [0.4, 0.5) is 0 Å². The van der Waals surface area contributed by atoms with Crippen molar-refractivity contribution in [2.75, 3.05) is 7.11 Å². The van der Waals surface area contributed by atoms with Crippen molar-refractivity contribution in [2.24, 2.45) is 5.73 Å². The Hall–Kier alpha value is -2.24. The number of methoxy groups -OCH3 is 1. The number of nitrogens with two attached hydrogens (primary N) is 1. The number of carbonyl (C=O) groups excluding carboxylic acids is 1. The SMILES string of the molecule is COC(=O)C[C@@H](N)c1ccc(OCc2ccccc2)cc1O.Cl. The highest BCUT2D eigenvalue weighted by Gasteiger charge is 2.16. The van der Waals surface area contributed by atoms with Gasteiger partial charge in [0.25, 0.3) is 0 Å². The van der Waals surface area contributed by atoms with Crippen molar-refractivity contribution in [3.8, 4) is 11.5 Å². The van der Waals surface area contributed by atoms with E-state index < -0.39 is 12.0 Å². The van der Waals surface area contributed by atoms with Crippen molar-refractivity contribution < 1.29 is 19.4 Å². The molecule has 5 nitrogen and oxygen atoms in total. The quantitative estimate of drug-likeness (QED) is 0.792. The fourth-order valence-electron chi connectivity index (χ4n) is 2.04. The van der Waals surface area contributed by atoms with Crippen LogP contribution < -0.4 is 10.5 Å². The van der Waals surface area contributed by atoms with Gasteiger partial charge < -0.3 is 20.3 Å². The van der Waals surface area contributed by atoms with Gasteiger partial charge in [-0.3, -0.25) is 4.79 Å². The molecule has 2 aromatic carbocycles. The Morgan fingerprint density at radius 2 is 1.91 bits per heavy atom. The molecule has 124 valence electrons. The van der Waals surface area contributed by atoms with Crippen molar-refractivity contribution in [1.29, 1.82) is 0 Å². The number of aromatic hydroxyl groups is 1. The van der Waals surface area contributed by atoms with Gasteiger partial charge >= 0.3 is 5.97 Å². The van der Waals surface area contributed by atoms with Crippen LogP contribution in [0.5, 0.6) is 11.5 Å². The number of halogens is 1. The van der Waals surface area contributed by atoms with Crippen LogP contribution in [0.25, 0.3) is 0 Å². The monoisotopic (exact) mass is 337 g/mol. The van der Waals surface area contributed by atoms with E-state index in [1.165, 1.54) is 13.2 Å². The molecule has 2 aromatic rings. The van der Waals surface area contributed by atoms with E-state index in [9.17, 15) is 9.90 Å². The number of phenolic OH excluding ortho intramolecular Hbond substituents is 1. The number of carbonyl (C=O) groups is 1. The van der Waals surface area contributed by atoms with Gasteiger partial charge in [0.15, 0.2) is 0 Å². The lowest BCUT2D eigenvalue weighted by molar-refractivity contribution is -0.141. The predicted molar refractivity (Wildman–Crippen MR) is 89.7 cm³/mol. The van der Waals surface area contributed by atoms with Crippen LogP contribution in [0.2, 0.25) is 0 Å². The highest BCUT2D eigenvalue weighted by Crippen LogP contribution is 2.29. The maximum absolute atomic E-state index is 11.2. The minimum atomic E-state index is -0.615. The third-order valence-corrected chi connectivity index (χ3v) is 3.26. The Bertz CT molecular complexity index is 634. The van der Waals surface area contributed by atoms with Crippen molar-refractivity contribution in [3.05, 3.63) is 59.7 Å². The number of hydrogen-bond acceptors (Lipinski definition) is 5. The number of rotatable bonds is 6. The molecule has 0 aromatic heterocycles. The summed E-state index contributed by atoms with van der Waals surface area (Å²) < 4.78 is 10.2. The van der Waals surface area contributed by atoms with E-state index in [2.05, 4.69) is 4.74 Å². The molecule has 23 heavy (non-hydrogen) atoms. The minimum Gasteiger partial charge on any atom is -0.507 e. The first-order valence-corrected chi connectivity index (χ1v) is 6.92. The summed E-state index contributed by atoms with van der Waals surface area (Å²) in [6.07, 6.45) is 0.00821. The predicted octanol–water partition coefficient (Wildman–Crippen LogP) is 2.96. The number of esters is 1. The Kier molecular flexibility index (Phi) is 7.38. The van der Waals surface area contributed by atoms with Crippen molar-refractivity contribution >= 4 is 18.4 Å². The summed E-state index contributed by atoms with van der Waals surface area (Å²) in [5.74, 6) is 0.119. The largest absolute Gasteiger partial charge is 0.507 e. The highest BCUT2D eigenvalue weighted by atomic mass is 35.5. The van der Waals surface area contributed by atoms with Gasteiger partial charge in [0.1, 0.15) is 18.1 Å². The van der Waals surface area contributed by atoms with E-state index in [4.69, 9.17) is 10.5 Å². The number of ether oxygens (including phenoxy) is 2. The van der Waals surface area contributed by atoms with Crippen molar-refractivity contribution in [2.45, 2.75) is 19.1 Å². The molecule has 0 aliphatic carbocycles. The zero-order valence-corrected chi connectivity index (χ0v) is 13.6. The Morgan fingerprint density at radius 1 is 1.22 bits per heavy atom. The number of hydrogen-bond donors (Lipinski definition) is 2. The fraction of sp³-hybridized carbons (Fsp3) is 0.235. The Balaban J connectivity index is 0.00000264. The lowest BCUT2D eigenvalue weighted by atomic mass is 10.0. The van der Waals surface area contributed by atoms with Crippen LogP contribution in [0.3, 0.4) is 0 Å². The van der Waals surface area contributed by atoms with Gasteiger partial charge in [0.05, 0.1) is 13.5 Å². The van der Waals surface area contributed by atoms with Crippen LogP contribution in [0, 0.1) is 0 Å². The van der Waals surface area contributed by atoms with Crippen LogP contribution in [-0.2, 0) is 16.1 Å². The minimum absolute atomic E-state index is 0. The van der Waals surface area contributed by atoms with Crippen LogP contribution in [0.1, 0.15) is 23.6 Å². The van der Waals surface area contributed by atoms with Gasteiger partial charge in [0, 0.05) is 17.7 Å². The van der Waals surface area contributed by atoms with Gasteiger partial charge in [-0.25, -0.2) is 0 Å².